The highest BCUT2D eigenvalue weighted by atomic mass is 35.5. The van der Waals surface area contributed by atoms with Crippen molar-refractivity contribution in [1.82, 2.24) is 20.4 Å². The van der Waals surface area contributed by atoms with E-state index in [0.717, 1.165) is 17.7 Å². The molecule has 1 saturated heterocycles. The van der Waals surface area contributed by atoms with Gasteiger partial charge in [0.1, 0.15) is 0 Å². The summed E-state index contributed by atoms with van der Waals surface area (Å²) >= 11 is 0. The van der Waals surface area contributed by atoms with Gasteiger partial charge in [0.05, 0.1) is 33.4 Å². The van der Waals surface area contributed by atoms with Gasteiger partial charge < -0.3 is 24.8 Å². The topological polar surface area (TPSA) is 86.6 Å². The van der Waals surface area contributed by atoms with Crippen LogP contribution >= 0.6 is 12.4 Å². The summed E-state index contributed by atoms with van der Waals surface area (Å²) in [6.07, 6.45) is 4.45. The van der Waals surface area contributed by atoms with E-state index in [4.69, 9.17) is 14.2 Å². The van der Waals surface area contributed by atoms with Crippen LogP contribution in [0.25, 0.3) is 0 Å². The second-order valence-corrected chi connectivity index (χ2v) is 6.85. The number of nitrogens with one attached hydrogen (secondary N) is 2. The van der Waals surface area contributed by atoms with Gasteiger partial charge in [-0.05, 0) is 18.1 Å². The molecule has 2 N–H and O–H groups in total. The van der Waals surface area contributed by atoms with Crippen LogP contribution in [0.4, 0.5) is 0 Å². The van der Waals surface area contributed by atoms with Gasteiger partial charge in [0.25, 0.3) is 0 Å². The Labute approximate surface area is 177 Å². The molecule has 160 valence electrons. The lowest BCUT2D eigenvalue weighted by molar-refractivity contribution is -0.124. The number of rotatable bonds is 8. The molecule has 0 aliphatic carbocycles. The molecule has 1 aliphatic rings. The molecule has 0 radical (unpaired) electrons. The molecule has 0 saturated carbocycles. The summed E-state index contributed by atoms with van der Waals surface area (Å²) in [5.74, 6) is 1.90. The molecule has 0 spiro atoms. The van der Waals surface area contributed by atoms with Gasteiger partial charge in [-0.25, -0.2) is 0 Å². The standard InChI is InChI=1S/C20H28N4O4.ClH/c1-24-12-14(9-23-24)15-10-21-11-16(15)20(25)22-8-7-13-5-6-17(26-2)19(28-4)18(13)27-3;/h5-6,9,12,15-16,21H,7-8,10-11H2,1-4H3,(H,22,25);1H/t15-,16+;/m1./s1. The van der Waals surface area contributed by atoms with Gasteiger partial charge in [0.2, 0.25) is 11.7 Å². The number of aromatic nitrogens is 2. The fourth-order valence-corrected chi connectivity index (χ4v) is 3.75. The van der Waals surface area contributed by atoms with Crippen molar-refractivity contribution in [2.24, 2.45) is 13.0 Å². The third-order valence-electron chi connectivity index (χ3n) is 5.18. The third kappa shape index (κ3) is 4.94. The first-order chi connectivity index (χ1) is 13.6. The second-order valence-electron chi connectivity index (χ2n) is 6.85. The van der Waals surface area contributed by atoms with Crippen LogP contribution in [0.3, 0.4) is 0 Å². The Morgan fingerprint density at radius 3 is 2.59 bits per heavy atom. The van der Waals surface area contributed by atoms with Crippen LogP contribution in [0.15, 0.2) is 24.5 Å². The monoisotopic (exact) mass is 424 g/mol. The Balaban J connectivity index is 0.00000300. The van der Waals surface area contributed by atoms with Crippen molar-refractivity contribution in [3.63, 3.8) is 0 Å². The van der Waals surface area contributed by atoms with E-state index in [9.17, 15) is 4.79 Å². The average Bonchev–Trinajstić information content (AvgIpc) is 3.35. The van der Waals surface area contributed by atoms with Gasteiger partial charge >= 0.3 is 0 Å². The number of hydrogen-bond donors (Lipinski definition) is 2. The molecule has 8 nitrogen and oxygen atoms in total. The highest BCUT2D eigenvalue weighted by molar-refractivity contribution is 5.85. The molecule has 1 aromatic carbocycles. The zero-order valence-corrected chi connectivity index (χ0v) is 18.0. The molecule has 0 unspecified atom stereocenters. The van der Waals surface area contributed by atoms with Gasteiger partial charge in [0, 0.05) is 44.4 Å². The predicted octanol–water partition coefficient (Wildman–Crippen LogP) is 1.53. The highest BCUT2D eigenvalue weighted by Crippen LogP contribution is 2.39. The number of ether oxygens (including phenoxy) is 3. The number of amides is 1. The van der Waals surface area contributed by atoms with Crippen molar-refractivity contribution >= 4 is 18.3 Å². The summed E-state index contributed by atoms with van der Waals surface area (Å²) in [5.41, 5.74) is 2.04. The molecule has 3 rings (SSSR count). The van der Waals surface area contributed by atoms with E-state index in [-0.39, 0.29) is 30.2 Å². The smallest absolute Gasteiger partial charge is 0.225 e. The van der Waals surface area contributed by atoms with E-state index in [1.807, 2.05) is 31.6 Å². The Kier molecular flexibility index (Phi) is 8.16. The maximum Gasteiger partial charge on any atom is 0.225 e. The second kappa shape index (κ2) is 10.4. The molecule has 2 atom stereocenters. The third-order valence-corrected chi connectivity index (χ3v) is 5.18. The van der Waals surface area contributed by atoms with Crippen molar-refractivity contribution in [3.05, 3.63) is 35.7 Å². The minimum atomic E-state index is -0.100. The van der Waals surface area contributed by atoms with Gasteiger partial charge in [-0.15, -0.1) is 12.4 Å². The summed E-state index contributed by atoms with van der Waals surface area (Å²) < 4.78 is 18.0. The van der Waals surface area contributed by atoms with E-state index in [1.165, 1.54) is 0 Å². The lowest BCUT2D eigenvalue weighted by atomic mass is 9.90. The Morgan fingerprint density at radius 2 is 1.97 bits per heavy atom. The summed E-state index contributed by atoms with van der Waals surface area (Å²) in [4.78, 5) is 12.7. The number of halogens is 1. The number of nitrogens with zero attached hydrogens (tertiary/aromatic N) is 2. The fraction of sp³-hybridized carbons (Fsp3) is 0.500. The molecule has 9 heteroatoms. The van der Waals surface area contributed by atoms with Gasteiger partial charge in [-0.3, -0.25) is 9.48 Å². The first-order valence-electron chi connectivity index (χ1n) is 9.33. The minimum absolute atomic E-state index is 0. The molecule has 29 heavy (non-hydrogen) atoms. The SMILES string of the molecule is COc1ccc(CCNC(=O)[C@H]2CNC[C@@H]2c2cnn(C)c2)c(OC)c1OC.Cl. The Morgan fingerprint density at radius 1 is 1.21 bits per heavy atom. The number of carbonyl (C=O) groups is 1. The molecular formula is C20H29ClN4O4. The maximum atomic E-state index is 12.7. The van der Waals surface area contributed by atoms with Crippen LogP contribution in [0.5, 0.6) is 17.2 Å². The van der Waals surface area contributed by atoms with E-state index in [0.29, 0.717) is 36.8 Å². The molecule has 1 aromatic heterocycles. The van der Waals surface area contributed by atoms with Gasteiger partial charge in [-0.1, -0.05) is 6.07 Å². The van der Waals surface area contributed by atoms with E-state index >= 15 is 0 Å². The molecule has 2 heterocycles. The lowest BCUT2D eigenvalue weighted by Crippen LogP contribution is -2.35. The number of carbonyl (C=O) groups excluding carboxylic acids is 1. The van der Waals surface area contributed by atoms with Crippen LogP contribution < -0.4 is 24.8 Å². The summed E-state index contributed by atoms with van der Waals surface area (Å²) in [7, 11) is 6.66. The number of methoxy groups -OCH3 is 3. The van der Waals surface area contributed by atoms with E-state index in [1.54, 1.807) is 26.0 Å². The Hall–Kier alpha value is -2.45. The van der Waals surface area contributed by atoms with Crippen molar-refractivity contribution in [2.45, 2.75) is 12.3 Å². The predicted molar refractivity (Wildman–Crippen MR) is 112 cm³/mol. The number of benzene rings is 1. The molecular weight excluding hydrogens is 396 g/mol. The summed E-state index contributed by atoms with van der Waals surface area (Å²) in [6, 6.07) is 3.78. The van der Waals surface area contributed by atoms with E-state index < -0.39 is 0 Å². The lowest BCUT2D eigenvalue weighted by Gasteiger charge is -2.18. The first kappa shape index (κ1) is 22.8. The van der Waals surface area contributed by atoms with Crippen LogP contribution in [0, 0.1) is 5.92 Å². The zero-order valence-electron chi connectivity index (χ0n) is 17.2. The number of hydrogen-bond acceptors (Lipinski definition) is 6. The van der Waals surface area contributed by atoms with Crippen LogP contribution in [0.1, 0.15) is 17.0 Å². The largest absolute Gasteiger partial charge is 0.493 e. The normalized spacial score (nSPS) is 18.1. The van der Waals surface area contributed by atoms with Crippen molar-refractivity contribution < 1.29 is 19.0 Å². The quantitative estimate of drug-likeness (QED) is 0.668. The van der Waals surface area contributed by atoms with Crippen molar-refractivity contribution in [2.75, 3.05) is 41.0 Å². The van der Waals surface area contributed by atoms with Crippen molar-refractivity contribution in [3.8, 4) is 17.2 Å². The van der Waals surface area contributed by atoms with Crippen molar-refractivity contribution in [1.29, 1.82) is 0 Å². The Bertz CT molecular complexity index is 827. The molecule has 1 fully saturated rings. The fourth-order valence-electron chi connectivity index (χ4n) is 3.75. The average molecular weight is 425 g/mol. The van der Waals surface area contributed by atoms with Gasteiger partial charge in [-0.2, -0.15) is 5.10 Å². The molecule has 1 amide bonds. The molecule has 1 aliphatic heterocycles. The summed E-state index contributed by atoms with van der Waals surface area (Å²) in [6.45, 7) is 1.97. The maximum absolute atomic E-state index is 12.7. The zero-order chi connectivity index (χ0) is 20.1. The molecule has 0 bridgehead atoms. The van der Waals surface area contributed by atoms with Crippen LogP contribution in [-0.4, -0.2) is 56.7 Å². The first-order valence-corrected chi connectivity index (χ1v) is 9.33. The minimum Gasteiger partial charge on any atom is -0.493 e. The molecule has 2 aromatic rings. The van der Waals surface area contributed by atoms with Crippen LogP contribution in [-0.2, 0) is 18.3 Å². The van der Waals surface area contributed by atoms with Crippen LogP contribution in [0.2, 0.25) is 0 Å². The van der Waals surface area contributed by atoms with E-state index in [2.05, 4.69) is 15.7 Å². The summed E-state index contributed by atoms with van der Waals surface area (Å²) in [5, 5.41) is 10.6. The highest BCUT2D eigenvalue weighted by Gasteiger charge is 2.34. The number of aryl methyl sites for hydroxylation is 1. The van der Waals surface area contributed by atoms with Gasteiger partial charge in [0.15, 0.2) is 11.5 Å².